The van der Waals surface area contributed by atoms with E-state index >= 15 is 0 Å². The van der Waals surface area contributed by atoms with Gasteiger partial charge in [0, 0.05) is 35.7 Å². The fourth-order valence-corrected chi connectivity index (χ4v) is 3.50. The van der Waals surface area contributed by atoms with E-state index in [0.29, 0.717) is 29.8 Å². The highest BCUT2D eigenvalue weighted by molar-refractivity contribution is 7.18. The molecule has 1 aliphatic heterocycles. The van der Waals surface area contributed by atoms with Crippen LogP contribution in [0.5, 0.6) is 11.5 Å². The van der Waals surface area contributed by atoms with Crippen LogP contribution in [-0.2, 0) is 4.74 Å². The molecule has 1 aromatic carbocycles. The van der Waals surface area contributed by atoms with Crippen LogP contribution in [0.3, 0.4) is 0 Å². The van der Waals surface area contributed by atoms with Crippen LogP contribution in [0.4, 0.5) is 5.13 Å². The van der Waals surface area contributed by atoms with Crippen LogP contribution in [0.15, 0.2) is 29.1 Å². The molecule has 0 saturated carbocycles. The van der Waals surface area contributed by atoms with Gasteiger partial charge in [-0.25, -0.2) is 0 Å². The molecule has 0 spiro atoms. The van der Waals surface area contributed by atoms with E-state index in [4.69, 9.17) is 14.2 Å². The lowest BCUT2D eigenvalue weighted by Crippen LogP contribution is -2.37. The smallest absolute Gasteiger partial charge is 0.273 e. The molecular formula is C16H18N2O4S. The van der Waals surface area contributed by atoms with Gasteiger partial charge in [-0.1, -0.05) is 11.3 Å². The Hall–Kier alpha value is -2.12. The first-order valence-electron chi connectivity index (χ1n) is 7.28. The van der Waals surface area contributed by atoms with Crippen molar-refractivity contribution in [1.82, 2.24) is 4.98 Å². The van der Waals surface area contributed by atoms with E-state index in [2.05, 4.69) is 9.88 Å². The van der Waals surface area contributed by atoms with Crippen LogP contribution >= 0.6 is 11.3 Å². The minimum Gasteiger partial charge on any atom is -0.497 e. The van der Waals surface area contributed by atoms with Crippen molar-refractivity contribution in [2.75, 3.05) is 45.4 Å². The highest BCUT2D eigenvalue weighted by Gasteiger charge is 2.17. The Kier molecular flexibility index (Phi) is 4.78. The van der Waals surface area contributed by atoms with Crippen LogP contribution in [0, 0.1) is 0 Å². The van der Waals surface area contributed by atoms with Crippen LogP contribution in [0.25, 0.3) is 10.4 Å². The van der Waals surface area contributed by atoms with Gasteiger partial charge in [0.1, 0.15) is 11.5 Å². The summed E-state index contributed by atoms with van der Waals surface area (Å²) in [4.78, 5) is 19.1. The SMILES string of the molecule is COc1ccc(-c2cc(=O)nc(N3CCOCC3)s2)c(OC)c1. The summed E-state index contributed by atoms with van der Waals surface area (Å²) in [5.41, 5.74) is 0.602. The topological polar surface area (TPSA) is 60.9 Å². The molecule has 1 aliphatic rings. The molecule has 0 aliphatic carbocycles. The largest absolute Gasteiger partial charge is 0.497 e. The predicted octanol–water partition coefficient (Wildman–Crippen LogP) is 2.02. The monoisotopic (exact) mass is 334 g/mol. The third-order valence-corrected chi connectivity index (χ3v) is 4.71. The Morgan fingerprint density at radius 1 is 1.17 bits per heavy atom. The second-order valence-corrected chi connectivity index (χ2v) is 6.02. The number of methoxy groups -OCH3 is 2. The molecule has 0 radical (unpaired) electrons. The molecule has 2 aromatic rings. The number of anilines is 1. The lowest BCUT2D eigenvalue weighted by Gasteiger charge is -2.27. The minimum absolute atomic E-state index is 0.252. The van der Waals surface area contributed by atoms with Gasteiger partial charge in [0.15, 0.2) is 5.13 Å². The molecule has 0 amide bonds. The van der Waals surface area contributed by atoms with E-state index < -0.39 is 0 Å². The van der Waals surface area contributed by atoms with E-state index in [1.165, 1.54) is 11.3 Å². The first kappa shape index (κ1) is 15.8. The maximum absolute atomic E-state index is 12.0. The summed E-state index contributed by atoms with van der Waals surface area (Å²) in [6.45, 7) is 2.79. The third-order valence-electron chi connectivity index (χ3n) is 3.62. The van der Waals surface area contributed by atoms with E-state index in [0.717, 1.165) is 23.5 Å². The van der Waals surface area contributed by atoms with Crippen molar-refractivity contribution in [1.29, 1.82) is 0 Å². The lowest BCUT2D eigenvalue weighted by molar-refractivity contribution is 0.122. The summed E-state index contributed by atoms with van der Waals surface area (Å²) in [6.07, 6.45) is 0. The Labute approximate surface area is 138 Å². The summed E-state index contributed by atoms with van der Waals surface area (Å²) < 4.78 is 16.0. The van der Waals surface area contributed by atoms with Crippen molar-refractivity contribution >= 4 is 16.5 Å². The molecule has 7 heteroatoms. The van der Waals surface area contributed by atoms with Crippen molar-refractivity contribution < 1.29 is 14.2 Å². The van der Waals surface area contributed by atoms with Crippen LogP contribution in [0.1, 0.15) is 0 Å². The number of morpholine rings is 1. The second kappa shape index (κ2) is 6.97. The summed E-state index contributed by atoms with van der Waals surface area (Å²) in [5, 5.41) is 0.716. The molecule has 1 fully saturated rings. The third kappa shape index (κ3) is 3.46. The molecule has 1 aromatic heterocycles. The maximum atomic E-state index is 12.0. The number of hydrogen-bond acceptors (Lipinski definition) is 7. The predicted molar refractivity (Wildman–Crippen MR) is 90.0 cm³/mol. The number of aromatic nitrogens is 1. The van der Waals surface area contributed by atoms with Gasteiger partial charge >= 0.3 is 0 Å². The highest BCUT2D eigenvalue weighted by atomic mass is 32.1. The maximum Gasteiger partial charge on any atom is 0.273 e. The first-order valence-corrected chi connectivity index (χ1v) is 8.10. The first-order chi connectivity index (χ1) is 11.2. The average Bonchev–Trinajstić information content (AvgIpc) is 2.61. The lowest BCUT2D eigenvalue weighted by atomic mass is 10.1. The van der Waals surface area contributed by atoms with E-state index in [9.17, 15) is 4.79 Å². The van der Waals surface area contributed by atoms with E-state index in [-0.39, 0.29) is 5.56 Å². The molecule has 0 N–H and O–H groups in total. The number of nitrogens with zero attached hydrogens (tertiary/aromatic N) is 2. The van der Waals surface area contributed by atoms with E-state index in [1.54, 1.807) is 26.4 Å². The Morgan fingerprint density at radius 2 is 1.96 bits per heavy atom. The molecule has 6 nitrogen and oxygen atoms in total. The van der Waals surface area contributed by atoms with Crippen molar-refractivity contribution in [3.63, 3.8) is 0 Å². The Morgan fingerprint density at radius 3 is 2.65 bits per heavy atom. The zero-order valence-corrected chi connectivity index (χ0v) is 13.9. The van der Waals surface area contributed by atoms with Crippen molar-refractivity contribution in [2.24, 2.45) is 0 Å². The minimum atomic E-state index is -0.252. The van der Waals surface area contributed by atoms with Gasteiger partial charge in [0.05, 0.1) is 27.4 Å². The van der Waals surface area contributed by atoms with Gasteiger partial charge in [-0.3, -0.25) is 4.79 Å². The van der Waals surface area contributed by atoms with Crippen molar-refractivity contribution in [2.45, 2.75) is 0 Å². The molecule has 23 heavy (non-hydrogen) atoms. The van der Waals surface area contributed by atoms with Gasteiger partial charge in [0.2, 0.25) is 0 Å². The molecule has 0 bridgehead atoms. The van der Waals surface area contributed by atoms with Gasteiger partial charge in [-0.15, -0.1) is 0 Å². The molecule has 2 heterocycles. The fraction of sp³-hybridized carbons (Fsp3) is 0.375. The molecule has 0 unspecified atom stereocenters. The standard InChI is InChI=1S/C16H18N2O4S/c1-20-11-3-4-12(13(9-11)21-2)14-10-15(19)17-16(23-14)18-5-7-22-8-6-18/h3-4,9-10H,5-8H2,1-2H3. The molecule has 3 rings (SSSR count). The van der Waals surface area contributed by atoms with Gasteiger partial charge in [0.25, 0.3) is 5.56 Å². The van der Waals surface area contributed by atoms with Crippen LogP contribution < -0.4 is 19.9 Å². The Balaban J connectivity index is 2.02. The summed E-state index contributed by atoms with van der Waals surface area (Å²) in [6, 6.07) is 7.09. The molecular weight excluding hydrogens is 316 g/mol. The zero-order chi connectivity index (χ0) is 16.2. The summed E-state index contributed by atoms with van der Waals surface area (Å²) >= 11 is 1.48. The van der Waals surface area contributed by atoms with Gasteiger partial charge in [-0.2, -0.15) is 4.98 Å². The number of benzene rings is 1. The number of ether oxygens (including phenoxy) is 3. The highest BCUT2D eigenvalue weighted by Crippen LogP contribution is 2.36. The number of rotatable bonds is 4. The average molecular weight is 334 g/mol. The van der Waals surface area contributed by atoms with Crippen LogP contribution in [-0.4, -0.2) is 45.5 Å². The quantitative estimate of drug-likeness (QED) is 0.852. The summed E-state index contributed by atoms with van der Waals surface area (Å²) in [7, 11) is 3.21. The summed E-state index contributed by atoms with van der Waals surface area (Å²) in [5.74, 6) is 1.37. The normalized spacial score (nSPS) is 14.6. The number of hydrogen-bond donors (Lipinski definition) is 0. The van der Waals surface area contributed by atoms with Crippen molar-refractivity contribution in [3.8, 4) is 21.9 Å². The molecule has 122 valence electrons. The van der Waals surface area contributed by atoms with Gasteiger partial charge in [-0.05, 0) is 12.1 Å². The van der Waals surface area contributed by atoms with Crippen molar-refractivity contribution in [3.05, 3.63) is 34.6 Å². The second-order valence-electron chi connectivity index (χ2n) is 5.01. The molecule has 1 saturated heterocycles. The fourth-order valence-electron chi connectivity index (χ4n) is 2.41. The van der Waals surface area contributed by atoms with E-state index in [1.807, 2.05) is 12.1 Å². The Bertz CT molecular complexity index is 741. The zero-order valence-electron chi connectivity index (χ0n) is 13.1. The van der Waals surface area contributed by atoms with Gasteiger partial charge < -0.3 is 19.1 Å². The van der Waals surface area contributed by atoms with Crippen LogP contribution in [0.2, 0.25) is 0 Å². The molecule has 0 atom stereocenters.